The lowest BCUT2D eigenvalue weighted by Gasteiger charge is -2.14. The minimum Gasteiger partial charge on any atom is -0.455 e. The Labute approximate surface area is 103 Å². The van der Waals surface area contributed by atoms with E-state index in [1.807, 2.05) is 0 Å². The van der Waals surface area contributed by atoms with Gasteiger partial charge in [-0.2, -0.15) is 0 Å². The van der Waals surface area contributed by atoms with Gasteiger partial charge in [0.1, 0.15) is 6.10 Å². The van der Waals surface area contributed by atoms with Crippen molar-refractivity contribution in [1.29, 1.82) is 0 Å². The van der Waals surface area contributed by atoms with Crippen molar-refractivity contribution < 1.29 is 19.1 Å². The molecule has 1 aliphatic rings. The quantitative estimate of drug-likeness (QED) is 0.496. The highest BCUT2D eigenvalue weighted by molar-refractivity contribution is 6.22. The fourth-order valence-electron chi connectivity index (χ4n) is 1.87. The lowest BCUT2D eigenvalue weighted by molar-refractivity contribution is -0.142. The summed E-state index contributed by atoms with van der Waals surface area (Å²) < 4.78 is 5.05. The van der Waals surface area contributed by atoms with Crippen LogP contribution in [0.15, 0.2) is 30.9 Å². The van der Waals surface area contributed by atoms with Crippen molar-refractivity contribution in [3.63, 3.8) is 0 Å². The molecule has 0 aliphatic carbocycles. The average molecular weight is 245 g/mol. The second kappa shape index (κ2) is 4.44. The van der Waals surface area contributed by atoms with Gasteiger partial charge in [0.25, 0.3) is 11.8 Å². The Balaban J connectivity index is 2.41. The summed E-state index contributed by atoms with van der Waals surface area (Å²) in [7, 11) is 0. The van der Waals surface area contributed by atoms with E-state index >= 15 is 0 Å². The molecule has 5 nitrogen and oxygen atoms in total. The van der Waals surface area contributed by atoms with Crippen LogP contribution in [-0.2, 0) is 9.53 Å². The van der Waals surface area contributed by atoms with E-state index in [0.29, 0.717) is 11.1 Å². The largest absolute Gasteiger partial charge is 0.455 e. The third kappa shape index (κ3) is 1.90. The van der Waals surface area contributed by atoms with Crippen molar-refractivity contribution in [1.82, 2.24) is 5.32 Å². The van der Waals surface area contributed by atoms with Gasteiger partial charge >= 0.3 is 5.97 Å². The average Bonchev–Trinajstić information content (AvgIpc) is 2.65. The monoisotopic (exact) mass is 245 g/mol. The number of nitrogens with one attached hydrogen (secondary N) is 1. The zero-order chi connectivity index (χ0) is 13.3. The molecule has 1 N–H and O–H groups in total. The minimum atomic E-state index is -0.623. The zero-order valence-corrected chi connectivity index (χ0v) is 9.73. The summed E-state index contributed by atoms with van der Waals surface area (Å²) in [5.41, 5.74) is 1.08. The van der Waals surface area contributed by atoms with Crippen molar-refractivity contribution in [2.45, 2.75) is 13.0 Å². The van der Waals surface area contributed by atoms with Crippen LogP contribution < -0.4 is 5.32 Å². The summed E-state index contributed by atoms with van der Waals surface area (Å²) in [5.74, 6) is -1.48. The Kier molecular flexibility index (Phi) is 2.97. The van der Waals surface area contributed by atoms with Gasteiger partial charge in [0.05, 0.1) is 11.1 Å². The number of amides is 2. The highest BCUT2D eigenvalue weighted by Crippen LogP contribution is 2.27. The first-order chi connectivity index (χ1) is 8.54. The number of rotatable bonds is 3. The topological polar surface area (TPSA) is 72.5 Å². The SMILES string of the molecule is C=CC(=O)OC(C)c1cccc2c1C(=O)NC2=O. The lowest BCUT2D eigenvalue weighted by Crippen LogP contribution is -2.20. The van der Waals surface area contributed by atoms with E-state index in [1.165, 1.54) is 0 Å². The molecule has 1 heterocycles. The summed E-state index contributed by atoms with van der Waals surface area (Å²) in [5, 5.41) is 2.21. The van der Waals surface area contributed by atoms with E-state index in [2.05, 4.69) is 11.9 Å². The van der Waals surface area contributed by atoms with Crippen LogP contribution in [0.1, 0.15) is 39.3 Å². The van der Waals surface area contributed by atoms with Gasteiger partial charge in [0, 0.05) is 11.6 Å². The van der Waals surface area contributed by atoms with Crippen LogP contribution in [0.2, 0.25) is 0 Å². The van der Waals surface area contributed by atoms with Crippen molar-refractivity contribution in [2.75, 3.05) is 0 Å². The van der Waals surface area contributed by atoms with Gasteiger partial charge < -0.3 is 4.74 Å². The first-order valence-electron chi connectivity index (χ1n) is 5.36. The molecule has 0 saturated carbocycles. The fourth-order valence-corrected chi connectivity index (χ4v) is 1.87. The molecule has 18 heavy (non-hydrogen) atoms. The molecule has 2 amide bonds. The number of carbonyl (C=O) groups is 3. The lowest BCUT2D eigenvalue weighted by atomic mass is 9.99. The van der Waals surface area contributed by atoms with Gasteiger partial charge in [0.2, 0.25) is 0 Å². The summed E-state index contributed by atoms with van der Waals surface area (Å²) in [6, 6.07) is 4.85. The van der Waals surface area contributed by atoms with Crippen LogP contribution in [0.3, 0.4) is 0 Å². The maximum absolute atomic E-state index is 11.7. The standard InChI is InChI=1S/C13H11NO4/c1-3-10(15)18-7(2)8-5-4-6-9-11(8)13(17)14-12(9)16/h3-7H,1H2,2H3,(H,14,16,17). The minimum absolute atomic E-state index is 0.270. The number of hydrogen-bond acceptors (Lipinski definition) is 4. The smallest absolute Gasteiger partial charge is 0.330 e. The van der Waals surface area contributed by atoms with Crippen molar-refractivity contribution >= 4 is 17.8 Å². The predicted octanol–water partition coefficient (Wildman–Crippen LogP) is 1.36. The van der Waals surface area contributed by atoms with E-state index in [9.17, 15) is 14.4 Å². The number of hydrogen-bond donors (Lipinski definition) is 1. The molecule has 92 valence electrons. The third-order valence-corrected chi connectivity index (χ3v) is 2.69. The number of ether oxygens (including phenoxy) is 1. The molecular formula is C13H11NO4. The first kappa shape index (κ1) is 12.0. The maximum Gasteiger partial charge on any atom is 0.330 e. The molecule has 1 unspecified atom stereocenters. The third-order valence-electron chi connectivity index (χ3n) is 2.69. The van der Waals surface area contributed by atoms with Gasteiger partial charge in [-0.05, 0) is 13.0 Å². The summed E-state index contributed by atoms with van der Waals surface area (Å²) in [4.78, 5) is 34.3. The number of carbonyl (C=O) groups excluding carboxylic acids is 3. The normalized spacial score (nSPS) is 14.7. The molecule has 0 bridgehead atoms. The summed E-state index contributed by atoms with van der Waals surface area (Å²) in [6.07, 6.45) is 0.423. The van der Waals surface area contributed by atoms with Crippen LogP contribution in [0, 0.1) is 0 Å². The van der Waals surface area contributed by atoms with Crippen molar-refractivity contribution in [3.05, 3.63) is 47.5 Å². The number of imide groups is 1. The summed E-state index contributed by atoms with van der Waals surface area (Å²) in [6.45, 7) is 4.93. The Hall–Kier alpha value is -2.43. The molecule has 1 aromatic carbocycles. The van der Waals surface area contributed by atoms with Crippen LogP contribution in [-0.4, -0.2) is 17.8 Å². The number of benzene rings is 1. The van der Waals surface area contributed by atoms with E-state index in [-0.39, 0.29) is 5.56 Å². The molecule has 0 saturated heterocycles. The zero-order valence-electron chi connectivity index (χ0n) is 9.73. The van der Waals surface area contributed by atoms with Gasteiger partial charge in [0.15, 0.2) is 0 Å². The van der Waals surface area contributed by atoms with Crippen LogP contribution in [0.5, 0.6) is 0 Å². The van der Waals surface area contributed by atoms with Crippen molar-refractivity contribution in [3.8, 4) is 0 Å². The van der Waals surface area contributed by atoms with Crippen molar-refractivity contribution in [2.24, 2.45) is 0 Å². The Morgan fingerprint density at radius 2 is 2.11 bits per heavy atom. The number of fused-ring (bicyclic) bond motifs is 1. The van der Waals surface area contributed by atoms with E-state index in [0.717, 1.165) is 6.08 Å². The number of esters is 1. The molecular weight excluding hydrogens is 234 g/mol. The van der Waals surface area contributed by atoms with Gasteiger partial charge in [-0.15, -0.1) is 0 Å². The molecule has 0 spiro atoms. The van der Waals surface area contributed by atoms with Gasteiger partial charge in [-0.1, -0.05) is 18.7 Å². The van der Waals surface area contributed by atoms with E-state index in [1.54, 1.807) is 25.1 Å². The Morgan fingerprint density at radius 3 is 2.78 bits per heavy atom. The fraction of sp³-hybridized carbons (Fsp3) is 0.154. The second-order valence-corrected chi connectivity index (χ2v) is 3.84. The summed E-state index contributed by atoms with van der Waals surface area (Å²) >= 11 is 0. The molecule has 2 rings (SSSR count). The van der Waals surface area contributed by atoms with E-state index < -0.39 is 23.9 Å². The second-order valence-electron chi connectivity index (χ2n) is 3.84. The highest BCUT2D eigenvalue weighted by atomic mass is 16.5. The highest BCUT2D eigenvalue weighted by Gasteiger charge is 2.31. The first-order valence-corrected chi connectivity index (χ1v) is 5.36. The predicted molar refractivity (Wildman–Crippen MR) is 62.9 cm³/mol. The Morgan fingerprint density at radius 1 is 1.39 bits per heavy atom. The molecule has 5 heteroatoms. The molecule has 1 aromatic rings. The van der Waals surface area contributed by atoms with Gasteiger partial charge in [-0.25, -0.2) is 4.79 Å². The van der Waals surface area contributed by atoms with Crippen LogP contribution >= 0.6 is 0 Å². The van der Waals surface area contributed by atoms with Gasteiger partial charge in [-0.3, -0.25) is 14.9 Å². The maximum atomic E-state index is 11.7. The molecule has 1 aliphatic heterocycles. The Bertz CT molecular complexity index is 562. The molecule has 1 atom stereocenters. The molecule has 0 fully saturated rings. The van der Waals surface area contributed by atoms with Crippen LogP contribution in [0.4, 0.5) is 0 Å². The molecule has 0 radical (unpaired) electrons. The van der Waals surface area contributed by atoms with Crippen LogP contribution in [0.25, 0.3) is 0 Å². The molecule has 0 aromatic heterocycles. The van der Waals surface area contributed by atoms with E-state index in [4.69, 9.17) is 4.74 Å².